The third-order valence-corrected chi connectivity index (χ3v) is 8.04. The summed E-state index contributed by atoms with van der Waals surface area (Å²) in [4.78, 5) is 37.9. The number of nitrogens with zero attached hydrogens (tertiary/aromatic N) is 1. The Morgan fingerprint density at radius 1 is 0.800 bits per heavy atom. The summed E-state index contributed by atoms with van der Waals surface area (Å²) in [6, 6.07) is 0.0739. The summed E-state index contributed by atoms with van der Waals surface area (Å²) in [5, 5.41) is 14.8. The molecule has 0 spiro atoms. The van der Waals surface area contributed by atoms with Crippen LogP contribution in [0.2, 0.25) is 0 Å². The van der Waals surface area contributed by atoms with Crippen LogP contribution in [0.1, 0.15) is 93.9 Å². The van der Waals surface area contributed by atoms with Crippen LogP contribution in [0.3, 0.4) is 0 Å². The average Bonchev–Trinajstić information content (AvgIpc) is 2.54. The summed E-state index contributed by atoms with van der Waals surface area (Å²) in [6.07, 6.45) is 4.33. The minimum atomic E-state index is -0.749. The number of hydrogen-bond donors (Lipinski definition) is 3. The van der Waals surface area contributed by atoms with Crippen molar-refractivity contribution >= 4 is 18.2 Å². The number of hydrogen-bond acceptors (Lipinski definition) is 5. The summed E-state index contributed by atoms with van der Waals surface area (Å²) >= 11 is 0. The third kappa shape index (κ3) is 5.36. The van der Waals surface area contributed by atoms with Gasteiger partial charge in [0.05, 0.1) is 11.3 Å². The Morgan fingerprint density at radius 2 is 1.14 bits per heavy atom. The van der Waals surface area contributed by atoms with Gasteiger partial charge in [-0.05, 0) is 85.5 Å². The van der Waals surface area contributed by atoms with Crippen LogP contribution >= 0.6 is 0 Å². The van der Waals surface area contributed by atoms with Crippen LogP contribution in [0, 0.1) is 23.3 Å². The van der Waals surface area contributed by atoms with E-state index >= 15 is 0 Å². The minimum Gasteiger partial charge on any atom is -0.481 e. The van der Waals surface area contributed by atoms with Gasteiger partial charge in [0.1, 0.15) is 11.2 Å². The Balaban J connectivity index is 0.000000196. The van der Waals surface area contributed by atoms with Crippen LogP contribution in [0.5, 0.6) is 0 Å². The number of alkyl carbamates (subject to hydrolysis) is 2. The predicted octanol–water partition coefficient (Wildman–Crippen LogP) is 4.90. The molecule has 2 atom stereocenters. The number of carbonyl (C=O) groups is 3. The molecule has 0 saturated heterocycles. The molecule has 6 fully saturated rings. The maximum atomic E-state index is 11.7. The average molecular weight is 492 g/mol. The molecule has 0 aromatic rings. The second kappa shape index (κ2) is 8.28. The molecule has 35 heavy (non-hydrogen) atoms. The molecule has 2 unspecified atom stereocenters. The van der Waals surface area contributed by atoms with Crippen molar-refractivity contribution in [3.8, 4) is 0 Å². The van der Waals surface area contributed by atoms with Crippen molar-refractivity contribution in [3.05, 3.63) is 11.4 Å². The van der Waals surface area contributed by atoms with E-state index in [0.29, 0.717) is 0 Å². The quantitative estimate of drug-likeness (QED) is 0.471. The van der Waals surface area contributed by atoms with Crippen LogP contribution in [0.15, 0.2) is 0 Å². The van der Waals surface area contributed by atoms with Gasteiger partial charge in [-0.25, -0.2) is 16.2 Å². The van der Waals surface area contributed by atoms with E-state index in [1.807, 2.05) is 48.5 Å². The van der Waals surface area contributed by atoms with Gasteiger partial charge in [0.2, 0.25) is 6.04 Å². The van der Waals surface area contributed by atoms with Gasteiger partial charge in [0.25, 0.3) is 0 Å². The van der Waals surface area contributed by atoms with Gasteiger partial charge >= 0.3 is 18.2 Å². The molecule has 0 aliphatic heterocycles. The van der Waals surface area contributed by atoms with Crippen LogP contribution < -0.4 is 10.6 Å². The maximum absolute atomic E-state index is 11.7. The monoisotopic (exact) mass is 491 g/mol. The van der Waals surface area contributed by atoms with Crippen LogP contribution in [0.25, 0.3) is 4.85 Å². The molecule has 9 heteroatoms. The number of rotatable bonds is 5. The molecule has 0 aromatic carbocycles. The van der Waals surface area contributed by atoms with Gasteiger partial charge in [-0.3, -0.25) is 4.79 Å². The first-order valence-corrected chi connectivity index (χ1v) is 12.4. The summed E-state index contributed by atoms with van der Waals surface area (Å²) < 4.78 is 10.5. The lowest BCUT2D eigenvalue weighted by molar-refractivity contribution is -0.197. The number of ether oxygens (including phenoxy) is 2. The van der Waals surface area contributed by atoms with E-state index in [-0.39, 0.29) is 40.0 Å². The van der Waals surface area contributed by atoms with Crippen molar-refractivity contribution < 1.29 is 29.0 Å². The molecule has 6 aliphatic rings. The maximum Gasteiger partial charge on any atom is 0.408 e. The fourth-order valence-corrected chi connectivity index (χ4v) is 6.34. The highest BCUT2D eigenvalue weighted by molar-refractivity contribution is 5.74. The van der Waals surface area contributed by atoms with E-state index in [0.717, 1.165) is 38.5 Å². The number of carboxylic acids is 1. The Hall–Kier alpha value is -2.50. The zero-order chi connectivity index (χ0) is 26.7. The molecule has 0 heterocycles. The number of aliphatic carboxylic acids is 1. The van der Waals surface area contributed by atoms with Gasteiger partial charge in [0.15, 0.2) is 0 Å². The Kier molecular flexibility index (Phi) is 6.41. The zero-order valence-electron chi connectivity index (χ0n) is 22.3. The van der Waals surface area contributed by atoms with Crippen molar-refractivity contribution in [2.45, 2.75) is 122 Å². The molecule has 196 valence electrons. The highest BCUT2D eigenvalue weighted by Gasteiger charge is 2.73. The molecule has 6 aliphatic carbocycles. The smallest absolute Gasteiger partial charge is 0.408 e. The topological polar surface area (TPSA) is 118 Å². The molecule has 4 bridgehead atoms. The highest BCUT2D eigenvalue weighted by atomic mass is 16.6. The predicted molar refractivity (Wildman–Crippen MR) is 130 cm³/mol. The number of nitrogens with one attached hydrogen (secondary N) is 2. The van der Waals surface area contributed by atoms with Crippen molar-refractivity contribution in [1.82, 2.24) is 10.6 Å². The van der Waals surface area contributed by atoms with Crippen molar-refractivity contribution in [3.63, 3.8) is 0 Å². The first kappa shape index (κ1) is 27.1. The summed E-state index contributed by atoms with van der Waals surface area (Å²) in [5.41, 5.74) is -1.14. The second-order valence-corrected chi connectivity index (χ2v) is 13.5. The minimum absolute atomic E-state index is 0.0682. The highest BCUT2D eigenvalue weighted by Crippen LogP contribution is 2.71. The normalized spacial score (nSPS) is 35.4. The lowest BCUT2D eigenvalue weighted by Gasteiger charge is -2.71. The molecular formula is C26H41N3O6. The summed E-state index contributed by atoms with van der Waals surface area (Å²) in [5.74, 6) is -1.08. The number of carboxylic acid groups (broad SMARTS) is 1. The number of carbonyl (C=O) groups excluding carboxylic acids is 2. The summed E-state index contributed by atoms with van der Waals surface area (Å²) in [6.45, 7) is 21.8. The number of amides is 2. The first-order chi connectivity index (χ1) is 15.8. The second-order valence-electron chi connectivity index (χ2n) is 13.5. The lowest BCUT2D eigenvalue weighted by atomic mass is 9.36. The molecular weight excluding hydrogens is 450 g/mol. The Morgan fingerprint density at radius 3 is 1.43 bits per heavy atom. The SMILES string of the molecule is CC(C(=O)O)C12CC(NC(=O)OC(C)(C)C)(C1)C2.[C-]#[N+]C(C)C12CC(NC(=O)OC(C)(C)C)(C1)C2. The standard InChI is InChI=1S/C13H20N2O2.C13H21NO4/c1-9(14-5)12-6-13(7-12,8-12)15-10(16)17-11(2,3)4;1-8(9(15)16)12-5-13(6-12,7-12)14-10(17)18-11(2,3)4/h9H,6-8H2,1-4H3,(H,15,16);8H,5-7H2,1-4H3,(H,14,17)(H,15,16). The van der Waals surface area contributed by atoms with Crippen molar-refractivity contribution in [2.24, 2.45) is 16.7 Å². The van der Waals surface area contributed by atoms with Crippen LogP contribution in [-0.4, -0.2) is 51.6 Å². The van der Waals surface area contributed by atoms with E-state index in [4.69, 9.17) is 21.2 Å². The Bertz CT molecular complexity index is 899. The molecule has 9 nitrogen and oxygen atoms in total. The van der Waals surface area contributed by atoms with E-state index in [2.05, 4.69) is 15.5 Å². The fourth-order valence-electron chi connectivity index (χ4n) is 6.34. The van der Waals surface area contributed by atoms with Gasteiger partial charge < -0.3 is 30.1 Å². The molecule has 6 saturated carbocycles. The third-order valence-electron chi connectivity index (χ3n) is 8.04. The van der Waals surface area contributed by atoms with E-state index in [1.54, 1.807) is 6.92 Å². The molecule has 3 N–H and O–H groups in total. The zero-order valence-corrected chi connectivity index (χ0v) is 22.3. The van der Waals surface area contributed by atoms with E-state index in [1.165, 1.54) is 0 Å². The van der Waals surface area contributed by atoms with Gasteiger partial charge in [-0.1, -0.05) is 6.92 Å². The fraction of sp³-hybridized carbons (Fsp3) is 0.846. The Labute approximate surface area is 208 Å². The van der Waals surface area contributed by atoms with Gasteiger partial charge in [-0.15, -0.1) is 0 Å². The van der Waals surface area contributed by atoms with Crippen LogP contribution in [0.4, 0.5) is 9.59 Å². The largest absolute Gasteiger partial charge is 0.481 e. The molecule has 0 radical (unpaired) electrons. The van der Waals surface area contributed by atoms with Crippen molar-refractivity contribution in [2.75, 3.05) is 0 Å². The van der Waals surface area contributed by atoms with Crippen LogP contribution in [-0.2, 0) is 14.3 Å². The lowest BCUT2D eigenvalue weighted by Crippen LogP contribution is -2.77. The molecule has 2 amide bonds. The molecule has 6 rings (SSSR count). The van der Waals surface area contributed by atoms with E-state index in [9.17, 15) is 14.4 Å². The van der Waals surface area contributed by atoms with Gasteiger partial charge in [-0.2, -0.15) is 0 Å². The van der Waals surface area contributed by atoms with E-state index < -0.39 is 23.3 Å². The van der Waals surface area contributed by atoms with Crippen molar-refractivity contribution in [1.29, 1.82) is 0 Å². The molecule has 0 aromatic heterocycles. The summed E-state index contributed by atoms with van der Waals surface area (Å²) in [7, 11) is 0. The van der Waals surface area contributed by atoms with Gasteiger partial charge in [0, 0.05) is 18.0 Å². The first-order valence-electron chi connectivity index (χ1n) is 12.4.